The third-order valence-corrected chi connectivity index (χ3v) is 3.56. The van der Waals surface area contributed by atoms with Crippen molar-refractivity contribution in [2.24, 2.45) is 0 Å². The van der Waals surface area contributed by atoms with Crippen LogP contribution in [0.25, 0.3) is 22.5 Å². The van der Waals surface area contributed by atoms with Crippen LogP contribution in [0.15, 0.2) is 54.6 Å². The van der Waals surface area contributed by atoms with Crippen LogP contribution in [0.5, 0.6) is 0 Å². The Labute approximate surface area is 129 Å². The Hall–Kier alpha value is -2.19. The summed E-state index contributed by atoms with van der Waals surface area (Å²) < 4.78 is 0. The van der Waals surface area contributed by atoms with Gasteiger partial charge in [0.2, 0.25) is 5.28 Å². The second-order valence-corrected chi connectivity index (χ2v) is 5.48. The first-order chi connectivity index (χ1) is 10.1. The molecule has 104 valence electrons. The second-order valence-electron chi connectivity index (χ2n) is 5.14. The molecule has 2 nitrogen and oxygen atoms in total. The third kappa shape index (κ3) is 3.11. The van der Waals surface area contributed by atoms with E-state index < -0.39 is 0 Å². The molecule has 0 saturated heterocycles. The summed E-state index contributed by atoms with van der Waals surface area (Å²) in [4.78, 5) is 8.66. The second kappa shape index (κ2) is 5.66. The van der Waals surface area contributed by atoms with Gasteiger partial charge in [0.15, 0.2) is 0 Å². The maximum atomic E-state index is 6.09. The van der Waals surface area contributed by atoms with E-state index in [1.165, 1.54) is 11.1 Å². The average molecular weight is 295 g/mol. The van der Waals surface area contributed by atoms with Crippen LogP contribution in [0, 0.1) is 13.8 Å². The van der Waals surface area contributed by atoms with E-state index in [-0.39, 0.29) is 5.28 Å². The van der Waals surface area contributed by atoms with E-state index in [1.54, 1.807) is 0 Å². The number of halogens is 1. The van der Waals surface area contributed by atoms with Crippen LogP contribution in [-0.2, 0) is 0 Å². The van der Waals surface area contributed by atoms with Crippen molar-refractivity contribution in [2.75, 3.05) is 0 Å². The molecule has 1 heterocycles. The van der Waals surface area contributed by atoms with Crippen molar-refractivity contribution < 1.29 is 0 Å². The Morgan fingerprint density at radius 2 is 1.05 bits per heavy atom. The van der Waals surface area contributed by atoms with Gasteiger partial charge in [0.05, 0.1) is 11.4 Å². The van der Waals surface area contributed by atoms with Gasteiger partial charge < -0.3 is 0 Å². The first-order valence-corrected chi connectivity index (χ1v) is 7.18. The van der Waals surface area contributed by atoms with E-state index >= 15 is 0 Å². The summed E-state index contributed by atoms with van der Waals surface area (Å²) in [7, 11) is 0. The van der Waals surface area contributed by atoms with Crippen molar-refractivity contribution in [1.82, 2.24) is 9.97 Å². The maximum absolute atomic E-state index is 6.09. The molecule has 3 heteroatoms. The lowest BCUT2D eigenvalue weighted by Gasteiger charge is -2.06. The van der Waals surface area contributed by atoms with Crippen LogP contribution in [0.2, 0.25) is 5.28 Å². The van der Waals surface area contributed by atoms with Crippen molar-refractivity contribution in [3.63, 3.8) is 0 Å². The summed E-state index contributed by atoms with van der Waals surface area (Å²) in [5.74, 6) is 0. The van der Waals surface area contributed by atoms with Crippen LogP contribution in [0.1, 0.15) is 11.1 Å². The van der Waals surface area contributed by atoms with Crippen LogP contribution in [0.4, 0.5) is 0 Å². The van der Waals surface area contributed by atoms with Gasteiger partial charge in [0.1, 0.15) is 0 Å². The fourth-order valence-corrected chi connectivity index (χ4v) is 2.34. The Kier molecular flexibility index (Phi) is 3.72. The lowest BCUT2D eigenvalue weighted by molar-refractivity contribution is 1.17. The van der Waals surface area contributed by atoms with E-state index in [9.17, 15) is 0 Å². The minimum Gasteiger partial charge on any atom is -0.218 e. The van der Waals surface area contributed by atoms with Crippen LogP contribution < -0.4 is 0 Å². The molecular formula is C18H15ClN2. The zero-order chi connectivity index (χ0) is 14.8. The van der Waals surface area contributed by atoms with Gasteiger partial charge in [-0.25, -0.2) is 9.97 Å². The maximum Gasteiger partial charge on any atom is 0.223 e. The first-order valence-electron chi connectivity index (χ1n) is 6.80. The van der Waals surface area contributed by atoms with Crippen molar-refractivity contribution in [2.45, 2.75) is 13.8 Å². The van der Waals surface area contributed by atoms with Crippen LogP contribution >= 0.6 is 11.6 Å². The van der Waals surface area contributed by atoms with Gasteiger partial charge in [-0.15, -0.1) is 0 Å². The Bertz CT molecular complexity index is 698. The van der Waals surface area contributed by atoms with E-state index in [1.807, 2.05) is 30.3 Å². The van der Waals surface area contributed by atoms with E-state index in [0.29, 0.717) is 0 Å². The normalized spacial score (nSPS) is 10.6. The van der Waals surface area contributed by atoms with Gasteiger partial charge in [0.25, 0.3) is 0 Å². The average Bonchev–Trinajstić information content (AvgIpc) is 2.48. The largest absolute Gasteiger partial charge is 0.223 e. The zero-order valence-electron chi connectivity index (χ0n) is 12.0. The van der Waals surface area contributed by atoms with Crippen molar-refractivity contribution in [3.8, 4) is 22.5 Å². The minimum atomic E-state index is 0.267. The molecule has 2 aromatic carbocycles. The molecule has 0 aliphatic heterocycles. The smallest absolute Gasteiger partial charge is 0.218 e. The predicted molar refractivity (Wildman–Crippen MR) is 87.4 cm³/mol. The minimum absolute atomic E-state index is 0.267. The molecule has 0 unspecified atom stereocenters. The fourth-order valence-electron chi connectivity index (χ4n) is 2.16. The molecule has 3 aromatic rings. The number of benzene rings is 2. The molecule has 0 fully saturated rings. The van der Waals surface area contributed by atoms with Crippen molar-refractivity contribution >= 4 is 11.6 Å². The molecule has 1 aromatic heterocycles. The van der Waals surface area contributed by atoms with Gasteiger partial charge in [0, 0.05) is 11.1 Å². The molecule has 0 aliphatic rings. The number of aryl methyl sites for hydroxylation is 2. The van der Waals surface area contributed by atoms with Crippen molar-refractivity contribution in [3.05, 3.63) is 71.0 Å². The molecule has 0 saturated carbocycles. The monoisotopic (exact) mass is 294 g/mol. The number of aromatic nitrogens is 2. The molecule has 0 N–H and O–H groups in total. The first kappa shape index (κ1) is 13.8. The lowest BCUT2D eigenvalue weighted by Crippen LogP contribution is -1.92. The number of nitrogens with zero attached hydrogens (tertiary/aromatic N) is 2. The topological polar surface area (TPSA) is 25.8 Å². The van der Waals surface area contributed by atoms with Gasteiger partial charge in [-0.1, -0.05) is 59.7 Å². The standard InChI is InChI=1S/C18H15ClN2/c1-12-3-7-14(8-4-12)16-11-17(21-18(19)20-16)15-9-5-13(2)6-10-15/h3-11H,1-2H3. The summed E-state index contributed by atoms with van der Waals surface area (Å²) >= 11 is 6.09. The SMILES string of the molecule is Cc1ccc(-c2cc(-c3ccc(C)cc3)nc(Cl)n2)cc1. The molecular weight excluding hydrogens is 280 g/mol. The highest BCUT2D eigenvalue weighted by Gasteiger charge is 2.07. The molecule has 0 atom stereocenters. The Morgan fingerprint density at radius 1 is 0.667 bits per heavy atom. The molecule has 0 spiro atoms. The summed E-state index contributed by atoms with van der Waals surface area (Å²) in [6.45, 7) is 4.13. The Balaban J connectivity index is 2.07. The molecule has 0 radical (unpaired) electrons. The number of rotatable bonds is 2. The van der Waals surface area contributed by atoms with E-state index in [2.05, 4.69) is 48.1 Å². The van der Waals surface area contributed by atoms with Gasteiger partial charge in [-0.2, -0.15) is 0 Å². The van der Waals surface area contributed by atoms with Crippen LogP contribution in [-0.4, -0.2) is 9.97 Å². The van der Waals surface area contributed by atoms with Gasteiger partial charge >= 0.3 is 0 Å². The third-order valence-electron chi connectivity index (χ3n) is 3.39. The number of hydrogen-bond acceptors (Lipinski definition) is 2. The zero-order valence-corrected chi connectivity index (χ0v) is 12.7. The summed E-state index contributed by atoms with van der Waals surface area (Å²) in [6, 6.07) is 18.4. The Morgan fingerprint density at radius 3 is 1.43 bits per heavy atom. The summed E-state index contributed by atoms with van der Waals surface area (Å²) in [5.41, 5.74) is 6.20. The highest BCUT2D eigenvalue weighted by Crippen LogP contribution is 2.25. The molecule has 21 heavy (non-hydrogen) atoms. The highest BCUT2D eigenvalue weighted by atomic mass is 35.5. The van der Waals surface area contributed by atoms with Crippen molar-refractivity contribution in [1.29, 1.82) is 0 Å². The summed E-state index contributed by atoms with van der Waals surface area (Å²) in [5, 5.41) is 0.267. The quantitative estimate of drug-likeness (QED) is 0.616. The van der Waals surface area contributed by atoms with Crippen LogP contribution in [0.3, 0.4) is 0 Å². The summed E-state index contributed by atoms with van der Waals surface area (Å²) in [6.07, 6.45) is 0. The highest BCUT2D eigenvalue weighted by molar-refractivity contribution is 6.28. The van der Waals surface area contributed by atoms with Gasteiger partial charge in [-0.05, 0) is 31.5 Å². The molecule has 0 aliphatic carbocycles. The molecule has 0 bridgehead atoms. The lowest BCUT2D eigenvalue weighted by atomic mass is 10.1. The molecule has 0 amide bonds. The number of hydrogen-bond donors (Lipinski definition) is 0. The predicted octanol–water partition coefficient (Wildman–Crippen LogP) is 5.08. The van der Waals surface area contributed by atoms with Gasteiger partial charge in [-0.3, -0.25) is 0 Å². The van der Waals surface area contributed by atoms with E-state index in [4.69, 9.17) is 11.6 Å². The fraction of sp³-hybridized carbons (Fsp3) is 0.111. The molecule has 3 rings (SSSR count). The van der Waals surface area contributed by atoms with E-state index in [0.717, 1.165) is 22.5 Å².